The smallest absolute Gasteiger partial charge is 0.233 e. The van der Waals surface area contributed by atoms with Crippen molar-refractivity contribution in [2.75, 3.05) is 7.11 Å². The van der Waals surface area contributed by atoms with E-state index in [0.717, 1.165) is 28.7 Å². The van der Waals surface area contributed by atoms with Crippen molar-refractivity contribution in [3.8, 4) is 5.75 Å². The number of rotatable bonds is 8. The first-order valence-corrected chi connectivity index (χ1v) is 9.80. The van der Waals surface area contributed by atoms with Crippen LogP contribution in [0.1, 0.15) is 37.7 Å². The van der Waals surface area contributed by atoms with Crippen LogP contribution in [0, 0.1) is 19.8 Å². The molecule has 0 aliphatic heterocycles. The third kappa shape index (κ3) is 5.27. The van der Waals surface area contributed by atoms with Crippen LogP contribution in [0.4, 0.5) is 0 Å². The van der Waals surface area contributed by atoms with Crippen molar-refractivity contribution in [2.24, 2.45) is 5.92 Å². The molecule has 2 rings (SSSR count). The quantitative estimate of drug-likeness (QED) is 0.710. The first-order valence-electron chi connectivity index (χ1n) is 8.92. The fourth-order valence-corrected chi connectivity index (χ4v) is 3.62. The number of nitrogens with one attached hydrogen (secondary N) is 1. The lowest BCUT2D eigenvalue weighted by Crippen LogP contribution is -2.30. The van der Waals surface area contributed by atoms with Gasteiger partial charge in [-0.1, -0.05) is 37.7 Å². The molecule has 0 saturated carbocycles. The van der Waals surface area contributed by atoms with Gasteiger partial charge in [-0.25, -0.2) is 4.98 Å². The summed E-state index contributed by atoms with van der Waals surface area (Å²) in [4.78, 5) is 17.1. The van der Waals surface area contributed by atoms with Gasteiger partial charge in [0.05, 0.1) is 18.1 Å². The summed E-state index contributed by atoms with van der Waals surface area (Å²) in [6, 6.07) is 7.71. The Morgan fingerprint density at radius 2 is 1.88 bits per heavy atom. The van der Waals surface area contributed by atoms with Crippen LogP contribution in [0.15, 0.2) is 29.4 Å². The number of nitrogens with zero attached hydrogens (tertiary/aromatic N) is 2. The number of hydrogen-bond donors (Lipinski definition) is 1. The number of methoxy groups -OCH3 is 1. The van der Waals surface area contributed by atoms with Crippen molar-refractivity contribution in [3.63, 3.8) is 0 Å². The summed E-state index contributed by atoms with van der Waals surface area (Å²) in [6.07, 6.45) is 0. The van der Waals surface area contributed by atoms with Crippen molar-refractivity contribution in [1.29, 1.82) is 0 Å². The zero-order valence-electron chi connectivity index (χ0n) is 16.5. The molecule has 26 heavy (non-hydrogen) atoms. The Hall–Kier alpha value is -1.95. The van der Waals surface area contributed by atoms with Crippen molar-refractivity contribution >= 4 is 17.7 Å². The standard InChI is InChI=1S/C20H29N3O2S/c1-13(2)12-23-15(4)14(3)22-20(23)26-16(5)19(24)21-11-17-7-9-18(25-6)10-8-17/h7-10,13,16H,11-12H2,1-6H3,(H,21,24)/t16-/m0/s1. The van der Waals surface area contributed by atoms with Gasteiger partial charge in [0, 0.05) is 18.8 Å². The van der Waals surface area contributed by atoms with Gasteiger partial charge in [-0.2, -0.15) is 0 Å². The summed E-state index contributed by atoms with van der Waals surface area (Å²) in [6.45, 7) is 11.8. The second kappa shape index (κ2) is 9.12. The van der Waals surface area contributed by atoms with Crippen molar-refractivity contribution in [2.45, 2.75) is 58.1 Å². The molecule has 1 atom stereocenters. The zero-order chi connectivity index (χ0) is 19.3. The molecule has 1 amide bonds. The molecular weight excluding hydrogens is 346 g/mol. The minimum absolute atomic E-state index is 0.0141. The molecule has 0 bridgehead atoms. The van der Waals surface area contributed by atoms with Crippen LogP contribution < -0.4 is 10.1 Å². The molecule has 0 aliphatic rings. The SMILES string of the molecule is COc1ccc(CNC(=O)[C@H](C)Sc2nc(C)c(C)n2CC(C)C)cc1. The van der Waals surface area contributed by atoms with Crippen LogP contribution in [-0.2, 0) is 17.9 Å². The van der Waals surface area contributed by atoms with E-state index in [1.165, 1.54) is 17.5 Å². The highest BCUT2D eigenvalue weighted by Gasteiger charge is 2.20. The van der Waals surface area contributed by atoms with Gasteiger partial charge in [0.15, 0.2) is 5.16 Å². The number of amides is 1. The molecular formula is C20H29N3O2S. The number of carbonyl (C=O) groups excluding carboxylic acids is 1. The average molecular weight is 376 g/mol. The van der Waals surface area contributed by atoms with Gasteiger partial charge in [-0.05, 0) is 44.4 Å². The first kappa shape index (κ1) is 20.4. The summed E-state index contributed by atoms with van der Waals surface area (Å²) >= 11 is 1.52. The van der Waals surface area contributed by atoms with Gasteiger partial charge in [0.1, 0.15) is 5.75 Å². The molecule has 0 saturated heterocycles. The first-order chi connectivity index (χ1) is 12.3. The Balaban J connectivity index is 1.97. The second-order valence-corrected chi connectivity index (χ2v) is 8.20. The molecule has 142 valence electrons. The summed E-state index contributed by atoms with van der Waals surface area (Å²) in [5.74, 6) is 1.35. The molecule has 1 aromatic carbocycles. The van der Waals surface area contributed by atoms with Gasteiger partial charge >= 0.3 is 0 Å². The van der Waals surface area contributed by atoms with Gasteiger partial charge in [-0.3, -0.25) is 4.79 Å². The molecule has 0 aliphatic carbocycles. The molecule has 1 N–H and O–H groups in total. The maximum Gasteiger partial charge on any atom is 0.233 e. The number of carbonyl (C=O) groups is 1. The number of benzene rings is 1. The van der Waals surface area contributed by atoms with E-state index in [2.05, 4.69) is 35.6 Å². The van der Waals surface area contributed by atoms with Gasteiger partial charge < -0.3 is 14.6 Å². The average Bonchev–Trinajstić information content (AvgIpc) is 2.87. The molecule has 0 fully saturated rings. The van der Waals surface area contributed by atoms with Gasteiger partial charge in [0.2, 0.25) is 5.91 Å². The minimum atomic E-state index is -0.208. The third-order valence-corrected chi connectivity index (χ3v) is 5.34. The normalized spacial score (nSPS) is 12.3. The lowest BCUT2D eigenvalue weighted by Gasteiger charge is -2.15. The fourth-order valence-electron chi connectivity index (χ4n) is 2.58. The summed E-state index contributed by atoms with van der Waals surface area (Å²) < 4.78 is 7.37. The molecule has 0 unspecified atom stereocenters. The molecule has 0 spiro atoms. The van der Waals surface area contributed by atoms with E-state index in [9.17, 15) is 4.79 Å². The lowest BCUT2D eigenvalue weighted by molar-refractivity contribution is -0.120. The number of aromatic nitrogens is 2. The number of hydrogen-bond acceptors (Lipinski definition) is 4. The predicted octanol–water partition coefficient (Wildman–Crippen LogP) is 3.96. The summed E-state index contributed by atoms with van der Waals surface area (Å²) in [5, 5.41) is 3.71. The van der Waals surface area contributed by atoms with Crippen LogP contribution in [0.25, 0.3) is 0 Å². The van der Waals surface area contributed by atoms with Crippen molar-refractivity contribution in [3.05, 3.63) is 41.2 Å². The molecule has 1 heterocycles. The largest absolute Gasteiger partial charge is 0.497 e. The summed E-state index contributed by atoms with van der Waals surface area (Å²) in [5.41, 5.74) is 3.25. The maximum absolute atomic E-state index is 12.5. The van der Waals surface area contributed by atoms with E-state index < -0.39 is 0 Å². The maximum atomic E-state index is 12.5. The van der Waals surface area contributed by atoms with Crippen LogP contribution in [0.2, 0.25) is 0 Å². The van der Waals surface area contributed by atoms with Crippen LogP contribution in [0.3, 0.4) is 0 Å². The van der Waals surface area contributed by atoms with E-state index in [1.807, 2.05) is 38.1 Å². The molecule has 1 aromatic heterocycles. The van der Waals surface area contributed by atoms with E-state index >= 15 is 0 Å². The molecule has 5 nitrogen and oxygen atoms in total. The number of thioether (sulfide) groups is 1. The van der Waals surface area contributed by atoms with Crippen molar-refractivity contribution in [1.82, 2.24) is 14.9 Å². The van der Waals surface area contributed by atoms with Crippen molar-refractivity contribution < 1.29 is 9.53 Å². The molecule has 0 radical (unpaired) electrons. The van der Waals surface area contributed by atoms with E-state index in [1.54, 1.807) is 7.11 Å². The highest BCUT2D eigenvalue weighted by Crippen LogP contribution is 2.26. The fraction of sp³-hybridized carbons (Fsp3) is 0.500. The van der Waals surface area contributed by atoms with Crippen LogP contribution >= 0.6 is 11.8 Å². The molecule has 2 aromatic rings. The second-order valence-electron chi connectivity index (χ2n) is 6.90. The van der Waals surface area contributed by atoms with Crippen LogP contribution in [-0.4, -0.2) is 27.8 Å². The Labute approximate surface area is 160 Å². The highest BCUT2D eigenvalue weighted by atomic mass is 32.2. The van der Waals surface area contributed by atoms with Gasteiger partial charge in [-0.15, -0.1) is 0 Å². The van der Waals surface area contributed by atoms with E-state index in [4.69, 9.17) is 4.74 Å². The minimum Gasteiger partial charge on any atom is -0.497 e. The highest BCUT2D eigenvalue weighted by molar-refractivity contribution is 8.00. The molecule has 6 heteroatoms. The summed E-state index contributed by atoms with van der Waals surface area (Å²) in [7, 11) is 1.64. The third-order valence-electron chi connectivity index (χ3n) is 4.25. The number of aryl methyl sites for hydroxylation is 1. The van der Waals surface area contributed by atoms with Gasteiger partial charge in [0.25, 0.3) is 0 Å². The lowest BCUT2D eigenvalue weighted by atomic mass is 10.2. The Kier molecular flexibility index (Phi) is 7.14. The van der Waals surface area contributed by atoms with Crippen LogP contribution in [0.5, 0.6) is 5.75 Å². The zero-order valence-corrected chi connectivity index (χ0v) is 17.3. The Morgan fingerprint density at radius 3 is 2.46 bits per heavy atom. The predicted molar refractivity (Wildman–Crippen MR) is 107 cm³/mol. The monoisotopic (exact) mass is 375 g/mol. The van der Waals surface area contributed by atoms with E-state index in [-0.39, 0.29) is 11.2 Å². The number of ether oxygens (including phenoxy) is 1. The number of imidazole rings is 1. The Morgan fingerprint density at radius 1 is 1.23 bits per heavy atom. The topological polar surface area (TPSA) is 56.1 Å². The Bertz CT molecular complexity index is 738. The van der Waals surface area contributed by atoms with E-state index in [0.29, 0.717) is 12.5 Å².